The molecule has 0 spiro atoms. The molecule has 1 N–H and O–H groups in total. The highest BCUT2D eigenvalue weighted by atomic mass is 19.1. The number of amides is 1. The highest BCUT2D eigenvalue weighted by Crippen LogP contribution is 2.15. The third-order valence-electron chi connectivity index (χ3n) is 5.04. The number of piperazine rings is 1. The van der Waals surface area contributed by atoms with Crippen LogP contribution in [0, 0.1) is 11.6 Å². The lowest BCUT2D eigenvalue weighted by atomic mass is 10.2. The number of nitrogens with zero attached hydrogens (tertiary/aromatic N) is 3. The predicted octanol–water partition coefficient (Wildman–Crippen LogP) is 3.52. The van der Waals surface area contributed by atoms with Gasteiger partial charge in [-0.2, -0.15) is 0 Å². The van der Waals surface area contributed by atoms with E-state index in [0.29, 0.717) is 30.2 Å². The lowest BCUT2D eigenvalue weighted by Crippen LogP contribution is -2.45. The number of halogens is 2. The van der Waals surface area contributed by atoms with E-state index in [4.69, 9.17) is 4.42 Å². The van der Waals surface area contributed by atoms with Gasteiger partial charge >= 0.3 is 0 Å². The van der Waals surface area contributed by atoms with Crippen LogP contribution in [0.25, 0.3) is 0 Å². The summed E-state index contributed by atoms with van der Waals surface area (Å²) in [6, 6.07) is 12.5. The van der Waals surface area contributed by atoms with Gasteiger partial charge in [0.1, 0.15) is 17.9 Å². The van der Waals surface area contributed by atoms with Gasteiger partial charge in [-0.15, -0.1) is 0 Å². The summed E-state index contributed by atoms with van der Waals surface area (Å²) in [6.45, 7) is 4.28. The lowest BCUT2D eigenvalue weighted by Gasteiger charge is -2.34. The average Bonchev–Trinajstić information content (AvgIpc) is 3.20. The van der Waals surface area contributed by atoms with Crippen LogP contribution in [0.1, 0.15) is 21.9 Å². The summed E-state index contributed by atoms with van der Waals surface area (Å²) in [4.78, 5) is 20.9. The van der Waals surface area contributed by atoms with Gasteiger partial charge in [0, 0.05) is 44.0 Å². The zero-order valence-corrected chi connectivity index (χ0v) is 16.4. The van der Waals surface area contributed by atoms with Gasteiger partial charge in [-0.05, 0) is 24.3 Å². The Morgan fingerprint density at radius 3 is 2.47 bits per heavy atom. The van der Waals surface area contributed by atoms with Gasteiger partial charge in [0.2, 0.25) is 5.89 Å². The number of rotatable bonds is 6. The predicted molar refractivity (Wildman–Crippen MR) is 108 cm³/mol. The van der Waals surface area contributed by atoms with Crippen LogP contribution in [0.2, 0.25) is 0 Å². The molecule has 2 aromatic carbocycles. The van der Waals surface area contributed by atoms with Gasteiger partial charge in [0.15, 0.2) is 5.69 Å². The van der Waals surface area contributed by atoms with Crippen molar-refractivity contribution in [3.05, 3.63) is 83.6 Å². The first-order chi connectivity index (χ1) is 14.6. The molecule has 0 saturated carbocycles. The molecular formula is C22H22F2N4O2. The van der Waals surface area contributed by atoms with Gasteiger partial charge in [0.25, 0.3) is 5.91 Å². The molecule has 0 bridgehead atoms. The quantitative estimate of drug-likeness (QED) is 0.671. The summed E-state index contributed by atoms with van der Waals surface area (Å²) in [6.07, 6.45) is 1.30. The number of aromatic nitrogens is 1. The van der Waals surface area contributed by atoms with Crippen molar-refractivity contribution in [3.63, 3.8) is 0 Å². The van der Waals surface area contributed by atoms with E-state index in [2.05, 4.69) is 20.1 Å². The fourth-order valence-corrected chi connectivity index (χ4v) is 3.41. The third kappa shape index (κ3) is 5.08. The number of hydrogen-bond acceptors (Lipinski definition) is 5. The number of carbonyl (C=O) groups is 1. The number of hydrogen-bond donors (Lipinski definition) is 1. The maximum atomic E-state index is 13.8. The molecular weight excluding hydrogens is 390 g/mol. The minimum absolute atomic E-state index is 0.146. The molecule has 1 aliphatic rings. The maximum Gasteiger partial charge on any atom is 0.277 e. The number of anilines is 1. The van der Waals surface area contributed by atoms with E-state index in [9.17, 15) is 13.6 Å². The standard InChI is InChI=1S/C22H22F2N4O2/c23-17-5-3-6-18(12-17)25-22(29)20-15-30-21(26-20)14-28-10-8-27(9-11-28)13-16-4-1-2-7-19(16)24/h1-7,12,15H,8-11,13-14H2,(H,25,29). The summed E-state index contributed by atoms with van der Waals surface area (Å²) in [5.41, 5.74) is 1.20. The number of nitrogens with one attached hydrogen (secondary N) is 1. The molecule has 0 unspecified atom stereocenters. The Morgan fingerprint density at radius 1 is 1.00 bits per heavy atom. The molecule has 0 atom stereocenters. The first kappa shape index (κ1) is 20.2. The van der Waals surface area contributed by atoms with Gasteiger partial charge in [-0.1, -0.05) is 24.3 Å². The molecule has 6 nitrogen and oxygen atoms in total. The first-order valence-electron chi connectivity index (χ1n) is 9.76. The molecule has 0 aliphatic carbocycles. The highest BCUT2D eigenvalue weighted by molar-refractivity contribution is 6.02. The lowest BCUT2D eigenvalue weighted by molar-refractivity contribution is 0.102. The fourth-order valence-electron chi connectivity index (χ4n) is 3.41. The van der Waals surface area contributed by atoms with E-state index in [1.54, 1.807) is 12.1 Å². The van der Waals surface area contributed by atoms with Crippen LogP contribution in [0.15, 0.2) is 59.2 Å². The molecule has 2 heterocycles. The number of benzene rings is 2. The van der Waals surface area contributed by atoms with Crippen LogP contribution in [0.5, 0.6) is 0 Å². The molecule has 30 heavy (non-hydrogen) atoms. The summed E-state index contributed by atoms with van der Waals surface area (Å²) >= 11 is 0. The van der Waals surface area contributed by atoms with Gasteiger partial charge < -0.3 is 9.73 Å². The van der Waals surface area contributed by atoms with Crippen molar-refractivity contribution in [1.82, 2.24) is 14.8 Å². The van der Waals surface area contributed by atoms with Crippen LogP contribution < -0.4 is 5.32 Å². The van der Waals surface area contributed by atoms with Gasteiger partial charge in [0.05, 0.1) is 6.54 Å². The molecule has 4 rings (SSSR count). The van der Waals surface area contributed by atoms with Crippen LogP contribution >= 0.6 is 0 Å². The molecule has 1 saturated heterocycles. The number of oxazole rings is 1. The van der Waals surface area contributed by atoms with Crippen LogP contribution in [0.4, 0.5) is 14.5 Å². The van der Waals surface area contributed by atoms with Crippen LogP contribution in [-0.2, 0) is 13.1 Å². The van der Waals surface area contributed by atoms with Crippen molar-refractivity contribution < 1.29 is 18.0 Å². The topological polar surface area (TPSA) is 61.6 Å². The Morgan fingerprint density at radius 2 is 1.73 bits per heavy atom. The van der Waals surface area contributed by atoms with Gasteiger partial charge in [-0.25, -0.2) is 13.8 Å². The molecule has 1 amide bonds. The molecule has 3 aromatic rings. The Hall–Kier alpha value is -3.10. The average molecular weight is 412 g/mol. The van der Waals surface area contributed by atoms with Crippen LogP contribution in [0.3, 0.4) is 0 Å². The fraction of sp³-hybridized carbons (Fsp3) is 0.273. The number of carbonyl (C=O) groups excluding carboxylic acids is 1. The van der Waals surface area contributed by atoms with E-state index in [0.717, 1.165) is 26.2 Å². The second-order valence-electron chi connectivity index (χ2n) is 7.23. The summed E-state index contributed by atoms with van der Waals surface area (Å²) < 4.78 is 32.5. The highest BCUT2D eigenvalue weighted by Gasteiger charge is 2.20. The van der Waals surface area contributed by atoms with Crippen molar-refractivity contribution >= 4 is 11.6 Å². The Balaban J connectivity index is 1.27. The largest absolute Gasteiger partial charge is 0.447 e. The molecule has 156 valence electrons. The maximum absolute atomic E-state index is 13.8. The SMILES string of the molecule is O=C(Nc1cccc(F)c1)c1coc(CN2CCN(Cc3ccccc3F)CC2)n1. The Bertz CT molecular complexity index is 1020. The first-order valence-corrected chi connectivity index (χ1v) is 9.76. The van der Waals surface area contributed by atoms with Crippen molar-refractivity contribution in [2.24, 2.45) is 0 Å². The van der Waals surface area contributed by atoms with Crippen molar-refractivity contribution in [2.75, 3.05) is 31.5 Å². The van der Waals surface area contributed by atoms with E-state index in [1.807, 2.05) is 12.1 Å². The second kappa shape index (κ2) is 9.15. The Kier molecular flexibility index (Phi) is 6.15. The molecule has 1 fully saturated rings. The van der Waals surface area contributed by atoms with Crippen molar-refractivity contribution in [1.29, 1.82) is 0 Å². The minimum Gasteiger partial charge on any atom is -0.447 e. The van der Waals surface area contributed by atoms with E-state index < -0.39 is 11.7 Å². The normalized spacial score (nSPS) is 15.3. The zero-order valence-electron chi connectivity index (χ0n) is 16.4. The van der Waals surface area contributed by atoms with E-state index in [-0.39, 0.29) is 11.5 Å². The van der Waals surface area contributed by atoms with Crippen LogP contribution in [-0.4, -0.2) is 46.9 Å². The smallest absolute Gasteiger partial charge is 0.277 e. The molecule has 1 aliphatic heterocycles. The van der Waals surface area contributed by atoms with Crippen molar-refractivity contribution in [3.8, 4) is 0 Å². The monoisotopic (exact) mass is 412 g/mol. The zero-order chi connectivity index (χ0) is 20.9. The summed E-state index contributed by atoms with van der Waals surface area (Å²) in [5.74, 6) is -0.612. The summed E-state index contributed by atoms with van der Waals surface area (Å²) in [5, 5.41) is 2.60. The van der Waals surface area contributed by atoms with E-state index in [1.165, 1.54) is 30.5 Å². The molecule has 0 radical (unpaired) electrons. The molecule has 8 heteroatoms. The van der Waals surface area contributed by atoms with Crippen molar-refractivity contribution in [2.45, 2.75) is 13.1 Å². The summed E-state index contributed by atoms with van der Waals surface area (Å²) in [7, 11) is 0. The second-order valence-corrected chi connectivity index (χ2v) is 7.23. The third-order valence-corrected chi connectivity index (χ3v) is 5.04. The minimum atomic E-state index is -0.453. The molecule has 1 aromatic heterocycles. The van der Waals surface area contributed by atoms with E-state index >= 15 is 0 Å². The van der Waals surface area contributed by atoms with Gasteiger partial charge in [-0.3, -0.25) is 14.6 Å². The Labute approximate surface area is 173 Å².